The van der Waals surface area contributed by atoms with Crippen LogP contribution < -0.4 is 9.64 Å². The van der Waals surface area contributed by atoms with Crippen LogP contribution in [0, 0.1) is 0 Å². The molecule has 3 aromatic carbocycles. The molecular formula is C35H35N3O5. The summed E-state index contributed by atoms with van der Waals surface area (Å²) < 4.78 is 18.6. The fraction of sp³-hybridized carbons (Fsp3) is 0.229. The minimum Gasteiger partial charge on any atom is -0.497 e. The van der Waals surface area contributed by atoms with E-state index in [2.05, 4.69) is 0 Å². The molecule has 5 rings (SSSR count). The van der Waals surface area contributed by atoms with E-state index in [9.17, 15) is 9.59 Å². The smallest absolute Gasteiger partial charge is 0.336 e. The fourth-order valence-electron chi connectivity index (χ4n) is 5.58. The van der Waals surface area contributed by atoms with Crippen molar-refractivity contribution >= 4 is 17.6 Å². The number of carbonyl (C=O) groups excluding carboxylic acids is 2. The number of benzene rings is 3. The predicted octanol–water partition coefficient (Wildman–Crippen LogP) is 6.83. The molecule has 0 saturated carbocycles. The molecule has 8 nitrogen and oxygen atoms in total. The number of anilines is 1. The van der Waals surface area contributed by atoms with Crippen molar-refractivity contribution in [2.45, 2.75) is 33.6 Å². The van der Waals surface area contributed by atoms with Crippen LogP contribution in [-0.2, 0) is 19.1 Å². The van der Waals surface area contributed by atoms with Gasteiger partial charge in [0.1, 0.15) is 5.75 Å². The van der Waals surface area contributed by atoms with E-state index in [0.29, 0.717) is 39.5 Å². The van der Waals surface area contributed by atoms with Gasteiger partial charge in [0, 0.05) is 40.5 Å². The molecule has 0 fully saturated rings. The second-order valence-corrected chi connectivity index (χ2v) is 9.99. The van der Waals surface area contributed by atoms with Crippen LogP contribution in [0.1, 0.15) is 39.2 Å². The predicted molar refractivity (Wildman–Crippen MR) is 166 cm³/mol. The van der Waals surface area contributed by atoms with Crippen molar-refractivity contribution in [3.05, 3.63) is 119 Å². The number of methoxy groups -OCH3 is 1. The third kappa shape index (κ3) is 5.68. The van der Waals surface area contributed by atoms with Gasteiger partial charge < -0.3 is 19.1 Å². The van der Waals surface area contributed by atoms with Crippen LogP contribution in [-0.4, -0.2) is 42.0 Å². The van der Waals surface area contributed by atoms with Gasteiger partial charge in [-0.3, -0.25) is 0 Å². The Morgan fingerprint density at radius 1 is 0.767 bits per heavy atom. The van der Waals surface area contributed by atoms with E-state index in [-0.39, 0.29) is 13.2 Å². The molecular weight excluding hydrogens is 542 g/mol. The first-order chi connectivity index (χ1) is 20.9. The molecule has 0 amide bonds. The maximum atomic E-state index is 13.9. The minimum absolute atomic E-state index is 0.174. The van der Waals surface area contributed by atoms with Gasteiger partial charge in [0.15, 0.2) is 0 Å². The van der Waals surface area contributed by atoms with Crippen molar-refractivity contribution in [3.63, 3.8) is 0 Å². The van der Waals surface area contributed by atoms with Gasteiger partial charge in [-0.2, -0.15) is 5.10 Å². The number of para-hydroxylation sites is 1. The van der Waals surface area contributed by atoms with Crippen molar-refractivity contribution in [1.29, 1.82) is 0 Å². The highest BCUT2D eigenvalue weighted by molar-refractivity contribution is 6.02. The zero-order valence-electron chi connectivity index (χ0n) is 25.0. The molecule has 0 atom stereocenters. The average Bonchev–Trinajstić information content (AvgIpc) is 3.47. The Bertz CT molecular complexity index is 1650. The number of carbonyl (C=O) groups is 2. The number of ether oxygens (including phenoxy) is 3. The summed E-state index contributed by atoms with van der Waals surface area (Å²) in [7, 11) is 1.60. The summed E-state index contributed by atoms with van der Waals surface area (Å²) in [6.45, 7) is 7.62. The van der Waals surface area contributed by atoms with Gasteiger partial charge in [0.25, 0.3) is 0 Å². The van der Waals surface area contributed by atoms with Crippen molar-refractivity contribution in [2.24, 2.45) is 0 Å². The van der Waals surface area contributed by atoms with Gasteiger partial charge in [0.05, 0.1) is 48.8 Å². The molecule has 0 spiro atoms. The first-order valence-electron chi connectivity index (χ1n) is 14.3. The van der Waals surface area contributed by atoms with E-state index in [4.69, 9.17) is 19.3 Å². The summed E-state index contributed by atoms with van der Waals surface area (Å²) in [5, 5.41) is 4.99. The lowest BCUT2D eigenvalue weighted by atomic mass is 9.79. The van der Waals surface area contributed by atoms with Crippen LogP contribution in [0.4, 0.5) is 5.69 Å². The number of aromatic nitrogens is 2. The van der Waals surface area contributed by atoms with E-state index in [1.54, 1.807) is 25.6 Å². The minimum atomic E-state index is -0.812. The van der Waals surface area contributed by atoms with Gasteiger partial charge >= 0.3 is 11.9 Å². The first-order valence-corrected chi connectivity index (χ1v) is 14.3. The van der Waals surface area contributed by atoms with E-state index in [1.807, 2.05) is 110 Å². The van der Waals surface area contributed by atoms with Crippen LogP contribution in [0.25, 0.3) is 16.9 Å². The van der Waals surface area contributed by atoms with Crippen molar-refractivity contribution < 1.29 is 23.8 Å². The van der Waals surface area contributed by atoms with Crippen LogP contribution >= 0.6 is 0 Å². The maximum Gasteiger partial charge on any atom is 0.336 e. The van der Waals surface area contributed by atoms with E-state index in [0.717, 1.165) is 16.9 Å². The van der Waals surface area contributed by atoms with E-state index in [1.165, 1.54) is 0 Å². The number of rotatable bonds is 9. The zero-order chi connectivity index (χ0) is 30.5. The molecule has 0 N–H and O–H groups in total. The SMILES string of the molecule is CCOC(=O)C1=C(C)N(c2cccc(OC)c2)C(C)=C(C(=O)OCC)C1c1cn(-c2ccccc2)nc1-c1ccccc1. The molecule has 4 aromatic rings. The highest BCUT2D eigenvalue weighted by Crippen LogP contribution is 2.47. The van der Waals surface area contributed by atoms with Gasteiger partial charge in [-0.25, -0.2) is 14.3 Å². The maximum absolute atomic E-state index is 13.9. The molecule has 0 radical (unpaired) electrons. The molecule has 220 valence electrons. The molecule has 0 bridgehead atoms. The summed E-state index contributed by atoms with van der Waals surface area (Å²) in [5.74, 6) is -1.20. The third-order valence-electron chi connectivity index (χ3n) is 7.45. The molecule has 1 aromatic heterocycles. The number of hydrogen-bond donors (Lipinski definition) is 0. The largest absolute Gasteiger partial charge is 0.497 e. The summed E-state index contributed by atoms with van der Waals surface area (Å²) >= 11 is 0. The van der Waals surface area contributed by atoms with Crippen LogP contribution in [0.15, 0.2) is 114 Å². The lowest BCUT2D eigenvalue weighted by molar-refractivity contribution is -0.139. The topological polar surface area (TPSA) is 82.9 Å². The number of esters is 2. The third-order valence-corrected chi connectivity index (χ3v) is 7.45. The average molecular weight is 578 g/mol. The second kappa shape index (κ2) is 12.8. The highest BCUT2D eigenvalue weighted by Gasteiger charge is 2.43. The Balaban J connectivity index is 1.83. The van der Waals surface area contributed by atoms with Gasteiger partial charge in [-0.15, -0.1) is 0 Å². The molecule has 0 unspecified atom stereocenters. The second-order valence-electron chi connectivity index (χ2n) is 9.99. The number of nitrogens with zero attached hydrogens (tertiary/aromatic N) is 3. The zero-order valence-corrected chi connectivity index (χ0v) is 25.0. The van der Waals surface area contributed by atoms with E-state index < -0.39 is 17.9 Å². The molecule has 2 heterocycles. The highest BCUT2D eigenvalue weighted by atomic mass is 16.5. The van der Waals surface area contributed by atoms with Crippen molar-refractivity contribution in [1.82, 2.24) is 9.78 Å². The molecule has 8 heteroatoms. The Morgan fingerprint density at radius 3 is 1.88 bits per heavy atom. The Morgan fingerprint density at radius 2 is 1.33 bits per heavy atom. The van der Waals surface area contributed by atoms with E-state index >= 15 is 0 Å². The van der Waals surface area contributed by atoms with Gasteiger partial charge in [-0.05, 0) is 52.0 Å². The Labute approximate surface area is 251 Å². The van der Waals surface area contributed by atoms with Crippen molar-refractivity contribution in [2.75, 3.05) is 25.2 Å². The number of allylic oxidation sites excluding steroid dienone is 2. The summed E-state index contributed by atoms with van der Waals surface area (Å²) in [4.78, 5) is 29.7. The Kier molecular flexibility index (Phi) is 8.76. The van der Waals surface area contributed by atoms with Crippen LogP contribution in [0.2, 0.25) is 0 Å². The van der Waals surface area contributed by atoms with Gasteiger partial charge in [0.2, 0.25) is 0 Å². The molecule has 43 heavy (non-hydrogen) atoms. The summed E-state index contributed by atoms with van der Waals surface area (Å²) in [5.41, 5.74) is 5.70. The fourth-order valence-corrected chi connectivity index (χ4v) is 5.58. The summed E-state index contributed by atoms with van der Waals surface area (Å²) in [6, 6.07) is 27.0. The van der Waals surface area contributed by atoms with Crippen LogP contribution in [0.5, 0.6) is 5.75 Å². The molecule has 0 aliphatic carbocycles. The van der Waals surface area contributed by atoms with Gasteiger partial charge in [-0.1, -0.05) is 54.6 Å². The summed E-state index contributed by atoms with van der Waals surface area (Å²) in [6.07, 6.45) is 1.89. The van der Waals surface area contributed by atoms with Crippen LogP contribution in [0.3, 0.4) is 0 Å². The number of hydrogen-bond acceptors (Lipinski definition) is 7. The molecule has 0 saturated heterocycles. The monoisotopic (exact) mass is 577 g/mol. The normalized spacial score (nSPS) is 13.7. The lowest BCUT2D eigenvalue weighted by Crippen LogP contribution is -2.35. The molecule has 1 aliphatic heterocycles. The first kappa shape index (κ1) is 29.4. The quantitative estimate of drug-likeness (QED) is 0.202. The lowest BCUT2D eigenvalue weighted by Gasteiger charge is -2.37. The van der Waals surface area contributed by atoms with Crippen molar-refractivity contribution in [3.8, 4) is 22.7 Å². The molecule has 1 aliphatic rings. The Hall–Kier alpha value is -5.11. The standard InChI is InChI=1S/C35H35N3O5/c1-6-42-34(39)30-23(3)38(27-19-14-20-28(21-27)41-5)24(4)31(35(40)43-7-2)32(30)29-22-37(26-17-12-9-13-18-26)36-33(29)25-15-10-8-11-16-25/h8-22,32H,6-7H2,1-5H3.